The predicted molar refractivity (Wildman–Crippen MR) is 65.6 cm³/mol. The predicted octanol–water partition coefficient (Wildman–Crippen LogP) is 3.24. The molecule has 2 nitrogen and oxygen atoms in total. The zero-order chi connectivity index (χ0) is 11.6. The lowest BCUT2D eigenvalue weighted by Crippen LogP contribution is -2.02. The molecule has 0 bridgehead atoms. The maximum Gasteiger partial charge on any atom is 0.162 e. The Kier molecular flexibility index (Phi) is 6.19. The van der Waals surface area contributed by atoms with Gasteiger partial charge < -0.3 is 4.74 Å². The summed E-state index contributed by atoms with van der Waals surface area (Å²) in [6, 6.07) is 9.38. The lowest BCUT2D eigenvalue weighted by molar-refractivity contribution is 0.0954. The molecule has 0 aromatic heterocycles. The van der Waals surface area contributed by atoms with Gasteiger partial charge in [0.05, 0.1) is 6.61 Å². The van der Waals surface area contributed by atoms with Gasteiger partial charge in [-0.05, 0) is 13.3 Å². The van der Waals surface area contributed by atoms with E-state index in [1.807, 2.05) is 49.4 Å². The van der Waals surface area contributed by atoms with Gasteiger partial charge in [-0.2, -0.15) is 0 Å². The van der Waals surface area contributed by atoms with Crippen molar-refractivity contribution in [3.63, 3.8) is 0 Å². The highest BCUT2D eigenvalue weighted by Gasteiger charge is 2.03. The van der Waals surface area contributed by atoms with E-state index in [0.29, 0.717) is 19.6 Å². The summed E-state index contributed by atoms with van der Waals surface area (Å²) < 4.78 is 5.32. The SMILES string of the molecule is CC=CCOCCCC(=O)c1ccccc1. The van der Waals surface area contributed by atoms with Crippen molar-refractivity contribution >= 4 is 5.78 Å². The zero-order valence-corrected chi connectivity index (χ0v) is 9.69. The molecule has 0 fully saturated rings. The molecule has 0 saturated carbocycles. The quantitative estimate of drug-likeness (QED) is 0.399. The molecule has 0 saturated heterocycles. The maximum atomic E-state index is 11.7. The van der Waals surface area contributed by atoms with Gasteiger partial charge >= 0.3 is 0 Å². The number of hydrogen-bond acceptors (Lipinski definition) is 2. The minimum atomic E-state index is 0.190. The van der Waals surface area contributed by atoms with Crippen molar-refractivity contribution in [3.8, 4) is 0 Å². The topological polar surface area (TPSA) is 26.3 Å². The summed E-state index contributed by atoms with van der Waals surface area (Å²) in [6.45, 7) is 3.24. The number of hydrogen-bond donors (Lipinski definition) is 0. The van der Waals surface area contributed by atoms with Crippen LogP contribution in [0.3, 0.4) is 0 Å². The molecule has 0 aliphatic heterocycles. The number of ketones is 1. The highest BCUT2D eigenvalue weighted by Crippen LogP contribution is 2.04. The van der Waals surface area contributed by atoms with Crippen LogP contribution in [0.4, 0.5) is 0 Å². The van der Waals surface area contributed by atoms with Crippen molar-refractivity contribution < 1.29 is 9.53 Å². The average molecular weight is 218 g/mol. The Hall–Kier alpha value is -1.41. The van der Waals surface area contributed by atoms with Crippen molar-refractivity contribution in [3.05, 3.63) is 48.0 Å². The Morgan fingerprint density at radius 2 is 2.06 bits per heavy atom. The summed E-state index contributed by atoms with van der Waals surface area (Å²) in [5.74, 6) is 0.190. The van der Waals surface area contributed by atoms with E-state index in [4.69, 9.17) is 4.74 Å². The van der Waals surface area contributed by atoms with Crippen molar-refractivity contribution in [2.75, 3.05) is 13.2 Å². The van der Waals surface area contributed by atoms with Gasteiger partial charge in [-0.15, -0.1) is 0 Å². The van der Waals surface area contributed by atoms with Crippen LogP contribution in [0.5, 0.6) is 0 Å². The molecule has 0 radical (unpaired) electrons. The Bertz CT molecular complexity index is 328. The monoisotopic (exact) mass is 218 g/mol. The smallest absolute Gasteiger partial charge is 0.162 e. The van der Waals surface area contributed by atoms with Gasteiger partial charge in [0, 0.05) is 18.6 Å². The number of Topliss-reactive ketones (excluding diaryl/α,β-unsaturated/α-hetero) is 1. The van der Waals surface area contributed by atoms with Gasteiger partial charge in [-0.3, -0.25) is 4.79 Å². The first-order chi connectivity index (χ1) is 7.84. The van der Waals surface area contributed by atoms with E-state index >= 15 is 0 Å². The number of carbonyl (C=O) groups is 1. The van der Waals surface area contributed by atoms with Crippen LogP contribution in [-0.2, 0) is 4.74 Å². The van der Waals surface area contributed by atoms with E-state index in [1.165, 1.54) is 0 Å². The van der Waals surface area contributed by atoms with E-state index in [1.54, 1.807) is 0 Å². The molecule has 2 heteroatoms. The molecule has 1 aromatic carbocycles. The molecule has 0 N–H and O–H groups in total. The van der Waals surface area contributed by atoms with Gasteiger partial charge in [0.25, 0.3) is 0 Å². The van der Waals surface area contributed by atoms with E-state index in [2.05, 4.69) is 0 Å². The van der Waals surface area contributed by atoms with Gasteiger partial charge in [0.15, 0.2) is 5.78 Å². The standard InChI is InChI=1S/C14H18O2/c1-2-3-11-16-12-7-10-14(15)13-8-5-4-6-9-13/h2-6,8-9H,7,10-12H2,1H3. The summed E-state index contributed by atoms with van der Waals surface area (Å²) in [6.07, 6.45) is 5.25. The van der Waals surface area contributed by atoms with Crippen molar-refractivity contribution in [2.45, 2.75) is 19.8 Å². The van der Waals surface area contributed by atoms with E-state index in [9.17, 15) is 4.79 Å². The lowest BCUT2D eigenvalue weighted by Gasteiger charge is -2.01. The lowest BCUT2D eigenvalue weighted by atomic mass is 10.1. The highest BCUT2D eigenvalue weighted by atomic mass is 16.5. The number of rotatable bonds is 7. The second kappa shape index (κ2) is 7.83. The number of carbonyl (C=O) groups excluding carboxylic acids is 1. The van der Waals surface area contributed by atoms with E-state index in [-0.39, 0.29) is 5.78 Å². The van der Waals surface area contributed by atoms with Gasteiger partial charge in [-0.1, -0.05) is 42.5 Å². The first-order valence-corrected chi connectivity index (χ1v) is 5.61. The third kappa shape index (κ3) is 4.89. The molecular weight excluding hydrogens is 200 g/mol. The average Bonchev–Trinajstić information content (AvgIpc) is 2.34. The number of ether oxygens (including phenoxy) is 1. The zero-order valence-electron chi connectivity index (χ0n) is 9.69. The number of allylic oxidation sites excluding steroid dienone is 1. The molecule has 0 amide bonds. The summed E-state index contributed by atoms with van der Waals surface area (Å²) in [4.78, 5) is 11.7. The highest BCUT2D eigenvalue weighted by molar-refractivity contribution is 5.95. The molecule has 0 atom stereocenters. The molecule has 0 aliphatic rings. The summed E-state index contributed by atoms with van der Waals surface area (Å²) in [5, 5.41) is 0. The van der Waals surface area contributed by atoms with Crippen LogP contribution >= 0.6 is 0 Å². The summed E-state index contributed by atoms with van der Waals surface area (Å²) >= 11 is 0. The fourth-order valence-corrected chi connectivity index (χ4v) is 1.35. The van der Waals surface area contributed by atoms with Crippen LogP contribution in [0.15, 0.2) is 42.5 Å². The van der Waals surface area contributed by atoms with Crippen LogP contribution in [0.2, 0.25) is 0 Å². The van der Waals surface area contributed by atoms with Gasteiger partial charge in [0.2, 0.25) is 0 Å². The molecule has 86 valence electrons. The first kappa shape index (κ1) is 12.7. The molecule has 0 aliphatic carbocycles. The Balaban J connectivity index is 2.16. The largest absolute Gasteiger partial charge is 0.377 e. The second-order valence-electron chi connectivity index (χ2n) is 3.54. The molecule has 0 spiro atoms. The van der Waals surface area contributed by atoms with Crippen molar-refractivity contribution in [1.29, 1.82) is 0 Å². The number of benzene rings is 1. The second-order valence-corrected chi connectivity index (χ2v) is 3.54. The maximum absolute atomic E-state index is 11.7. The normalized spacial score (nSPS) is 10.8. The van der Waals surface area contributed by atoms with Crippen LogP contribution in [0.1, 0.15) is 30.1 Å². The van der Waals surface area contributed by atoms with Crippen LogP contribution < -0.4 is 0 Å². The summed E-state index contributed by atoms with van der Waals surface area (Å²) in [5.41, 5.74) is 0.788. The van der Waals surface area contributed by atoms with Crippen LogP contribution in [0, 0.1) is 0 Å². The molecule has 1 aromatic rings. The fourth-order valence-electron chi connectivity index (χ4n) is 1.35. The third-order valence-corrected chi connectivity index (χ3v) is 2.24. The molecule has 0 heterocycles. The minimum absolute atomic E-state index is 0.190. The van der Waals surface area contributed by atoms with Crippen LogP contribution in [-0.4, -0.2) is 19.0 Å². The van der Waals surface area contributed by atoms with E-state index < -0.39 is 0 Å². The van der Waals surface area contributed by atoms with Crippen LogP contribution in [0.25, 0.3) is 0 Å². The Morgan fingerprint density at radius 3 is 2.75 bits per heavy atom. The molecular formula is C14H18O2. The minimum Gasteiger partial charge on any atom is -0.377 e. The molecule has 0 unspecified atom stereocenters. The van der Waals surface area contributed by atoms with Crippen molar-refractivity contribution in [2.24, 2.45) is 0 Å². The summed E-state index contributed by atoms with van der Waals surface area (Å²) in [7, 11) is 0. The molecule has 16 heavy (non-hydrogen) atoms. The fraction of sp³-hybridized carbons (Fsp3) is 0.357. The molecule has 1 rings (SSSR count). The third-order valence-electron chi connectivity index (χ3n) is 2.24. The Morgan fingerprint density at radius 1 is 1.31 bits per heavy atom. The van der Waals surface area contributed by atoms with Gasteiger partial charge in [-0.25, -0.2) is 0 Å². The Labute approximate surface area is 96.9 Å². The van der Waals surface area contributed by atoms with Gasteiger partial charge in [0.1, 0.15) is 0 Å². The first-order valence-electron chi connectivity index (χ1n) is 5.61. The van der Waals surface area contributed by atoms with E-state index in [0.717, 1.165) is 12.0 Å². The van der Waals surface area contributed by atoms with Crippen molar-refractivity contribution in [1.82, 2.24) is 0 Å².